The highest BCUT2D eigenvalue weighted by molar-refractivity contribution is 4.93. The molecule has 0 amide bonds. The molecule has 1 aliphatic carbocycles. The number of nitrogens with zero attached hydrogens (tertiary/aromatic N) is 1. The van der Waals surface area contributed by atoms with E-state index in [1.54, 1.807) is 0 Å². The zero-order valence-electron chi connectivity index (χ0n) is 14.7. The summed E-state index contributed by atoms with van der Waals surface area (Å²) < 4.78 is 5.77. The molecule has 1 unspecified atom stereocenters. The Kier molecular flexibility index (Phi) is 6.10. The molecule has 2 fully saturated rings. The smallest absolute Gasteiger partial charge is 0.0777 e. The molecule has 3 nitrogen and oxygen atoms in total. The van der Waals surface area contributed by atoms with Gasteiger partial charge in [-0.2, -0.15) is 0 Å². The van der Waals surface area contributed by atoms with E-state index in [1.807, 2.05) is 7.11 Å². The van der Waals surface area contributed by atoms with Gasteiger partial charge < -0.3 is 10.1 Å². The minimum absolute atomic E-state index is 0.0690. The average Bonchev–Trinajstić information content (AvgIpc) is 2.48. The van der Waals surface area contributed by atoms with E-state index >= 15 is 0 Å². The Labute approximate surface area is 131 Å². The lowest BCUT2D eigenvalue weighted by Crippen LogP contribution is -2.53. The van der Waals surface area contributed by atoms with Gasteiger partial charge in [0.25, 0.3) is 0 Å². The molecule has 0 bridgehead atoms. The summed E-state index contributed by atoms with van der Waals surface area (Å²) >= 11 is 0. The number of nitrogens with one attached hydrogen (secondary N) is 1. The summed E-state index contributed by atoms with van der Waals surface area (Å²) in [7, 11) is 1.88. The number of hydrogen-bond donors (Lipinski definition) is 1. The molecule has 1 N–H and O–H groups in total. The highest BCUT2D eigenvalue weighted by Crippen LogP contribution is 2.40. The summed E-state index contributed by atoms with van der Waals surface area (Å²) in [5.74, 6) is 0.922. The molecule has 1 saturated carbocycles. The maximum Gasteiger partial charge on any atom is 0.0777 e. The number of piperidine rings is 1. The molecule has 2 aliphatic rings. The van der Waals surface area contributed by atoms with Crippen LogP contribution in [0.25, 0.3) is 0 Å². The van der Waals surface area contributed by atoms with Crippen molar-refractivity contribution in [2.24, 2.45) is 11.3 Å². The molecule has 0 aromatic rings. The molecule has 1 atom stereocenters. The Morgan fingerprint density at radius 2 is 1.95 bits per heavy atom. The lowest BCUT2D eigenvalue weighted by Gasteiger charge is -2.47. The van der Waals surface area contributed by atoms with Gasteiger partial charge in [0.05, 0.1) is 5.60 Å². The number of methoxy groups -OCH3 is 1. The third-order valence-electron chi connectivity index (χ3n) is 5.87. The summed E-state index contributed by atoms with van der Waals surface area (Å²) in [5.41, 5.74) is 0.564. The summed E-state index contributed by atoms with van der Waals surface area (Å²) in [4.78, 5) is 2.68. The van der Waals surface area contributed by atoms with Crippen LogP contribution < -0.4 is 5.32 Å². The third kappa shape index (κ3) is 4.67. The molecule has 21 heavy (non-hydrogen) atoms. The summed E-state index contributed by atoms with van der Waals surface area (Å²) in [6.07, 6.45) is 8.07. The lowest BCUT2D eigenvalue weighted by molar-refractivity contribution is -0.0628. The van der Waals surface area contributed by atoms with Crippen LogP contribution >= 0.6 is 0 Å². The standard InChI is InChI=1S/C18H36N2O/c1-5-19-13-18(10-7-16(2)8-11-18)15-20-12-6-9-17(3,14-20)21-4/h16,19H,5-15H2,1-4H3. The number of hydrogen-bond acceptors (Lipinski definition) is 3. The van der Waals surface area contributed by atoms with Crippen LogP contribution in [0.5, 0.6) is 0 Å². The Bertz CT molecular complexity index is 307. The molecule has 1 aliphatic heterocycles. The Hall–Kier alpha value is -0.120. The van der Waals surface area contributed by atoms with E-state index in [0.29, 0.717) is 5.41 Å². The minimum atomic E-state index is 0.0690. The monoisotopic (exact) mass is 296 g/mol. The van der Waals surface area contributed by atoms with Gasteiger partial charge in [-0.05, 0) is 57.0 Å². The fraction of sp³-hybridized carbons (Fsp3) is 1.00. The van der Waals surface area contributed by atoms with Crippen LogP contribution in [0.4, 0.5) is 0 Å². The Morgan fingerprint density at radius 3 is 2.57 bits per heavy atom. The zero-order chi connectivity index (χ0) is 15.3. The zero-order valence-corrected chi connectivity index (χ0v) is 14.7. The predicted octanol–water partition coefficient (Wildman–Crippen LogP) is 3.29. The van der Waals surface area contributed by atoms with Gasteiger partial charge in [0.1, 0.15) is 0 Å². The molecule has 0 radical (unpaired) electrons. The fourth-order valence-electron chi connectivity index (χ4n) is 4.24. The second-order valence-corrected chi connectivity index (χ2v) is 7.93. The normalized spacial score (nSPS) is 38.6. The molecule has 0 spiro atoms. The van der Waals surface area contributed by atoms with Crippen molar-refractivity contribution in [1.82, 2.24) is 10.2 Å². The molecule has 1 heterocycles. The predicted molar refractivity (Wildman–Crippen MR) is 89.7 cm³/mol. The highest BCUT2D eigenvalue weighted by atomic mass is 16.5. The van der Waals surface area contributed by atoms with Crippen molar-refractivity contribution in [2.45, 2.75) is 64.9 Å². The van der Waals surface area contributed by atoms with E-state index in [4.69, 9.17) is 4.74 Å². The molecule has 0 aromatic carbocycles. The molecule has 1 saturated heterocycles. The SMILES string of the molecule is CCNCC1(CN2CCCC(C)(OC)C2)CCC(C)CC1. The van der Waals surface area contributed by atoms with Crippen molar-refractivity contribution in [3.8, 4) is 0 Å². The van der Waals surface area contributed by atoms with E-state index in [9.17, 15) is 0 Å². The molecular weight excluding hydrogens is 260 g/mol. The van der Waals surface area contributed by atoms with Gasteiger partial charge >= 0.3 is 0 Å². The van der Waals surface area contributed by atoms with E-state index < -0.39 is 0 Å². The van der Waals surface area contributed by atoms with E-state index in [2.05, 4.69) is 31.0 Å². The molecule has 0 aromatic heterocycles. The van der Waals surface area contributed by atoms with Gasteiger partial charge in [-0.1, -0.05) is 26.7 Å². The van der Waals surface area contributed by atoms with Crippen molar-refractivity contribution >= 4 is 0 Å². The van der Waals surface area contributed by atoms with Gasteiger partial charge in [-0.3, -0.25) is 4.90 Å². The maximum absolute atomic E-state index is 5.77. The van der Waals surface area contributed by atoms with Crippen LogP contribution in [-0.2, 0) is 4.74 Å². The first-order valence-electron chi connectivity index (χ1n) is 8.99. The summed E-state index contributed by atoms with van der Waals surface area (Å²) in [5, 5.41) is 3.64. The van der Waals surface area contributed by atoms with E-state index in [-0.39, 0.29) is 5.60 Å². The van der Waals surface area contributed by atoms with Crippen LogP contribution in [0.3, 0.4) is 0 Å². The molecular formula is C18H36N2O. The lowest BCUT2D eigenvalue weighted by atomic mass is 9.70. The topological polar surface area (TPSA) is 24.5 Å². The molecule has 124 valence electrons. The van der Waals surface area contributed by atoms with Gasteiger partial charge in [0.2, 0.25) is 0 Å². The highest BCUT2D eigenvalue weighted by Gasteiger charge is 2.38. The third-order valence-corrected chi connectivity index (χ3v) is 5.87. The van der Waals surface area contributed by atoms with E-state index in [0.717, 1.165) is 19.0 Å². The van der Waals surface area contributed by atoms with Crippen LogP contribution in [0.1, 0.15) is 59.3 Å². The second kappa shape index (κ2) is 7.43. The first-order chi connectivity index (χ1) is 10.0. The van der Waals surface area contributed by atoms with Crippen molar-refractivity contribution in [3.05, 3.63) is 0 Å². The Balaban J connectivity index is 1.97. The second-order valence-electron chi connectivity index (χ2n) is 7.93. The van der Waals surface area contributed by atoms with Crippen molar-refractivity contribution in [3.63, 3.8) is 0 Å². The van der Waals surface area contributed by atoms with Gasteiger partial charge in [-0.15, -0.1) is 0 Å². The van der Waals surface area contributed by atoms with Crippen molar-refractivity contribution < 1.29 is 4.74 Å². The van der Waals surface area contributed by atoms with Gasteiger partial charge in [-0.25, -0.2) is 0 Å². The van der Waals surface area contributed by atoms with Crippen LogP contribution in [0.15, 0.2) is 0 Å². The fourth-order valence-corrected chi connectivity index (χ4v) is 4.24. The summed E-state index contributed by atoms with van der Waals surface area (Å²) in [6, 6.07) is 0. The number of rotatable bonds is 6. The first kappa shape index (κ1) is 17.2. The minimum Gasteiger partial charge on any atom is -0.377 e. The van der Waals surface area contributed by atoms with Crippen LogP contribution in [0, 0.1) is 11.3 Å². The Morgan fingerprint density at radius 1 is 1.24 bits per heavy atom. The number of likely N-dealkylation sites (tertiary alicyclic amines) is 1. The molecule has 2 rings (SSSR count). The quantitative estimate of drug-likeness (QED) is 0.814. The van der Waals surface area contributed by atoms with Crippen LogP contribution in [0.2, 0.25) is 0 Å². The average molecular weight is 296 g/mol. The largest absolute Gasteiger partial charge is 0.377 e. The van der Waals surface area contributed by atoms with Crippen molar-refractivity contribution in [2.75, 3.05) is 39.8 Å². The van der Waals surface area contributed by atoms with Crippen LogP contribution in [-0.4, -0.2) is 50.3 Å². The van der Waals surface area contributed by atoms with Gasteiger partial charge in [0.15, 0.2) is 0 Å². The number of ether oxygens (including phenoxy) is 1. The maximum atomic E-state index is 5.77. The molecule has 3 heteroatoms. The summed E-state index contributed by atoms with van der Waals surface area (Å²) in [6.45, 7) is 12.8. The van der Waals surface area contributed by atoms with Crippen molar-refractivity contribution in [1.29, 1.82) is 0 Å². The van der Waals surface area contributed by atoms with Gasteiger partial charge in [0, 0.05) is 26.7 Å². The van der Waals surface area contributed by atoms with E-state index in [1.165, 1.54) is 58.2 Å². The first-order valence-corrected chi connectivity index (χ1v) is 8.99.